The van der Waals surface area contributed by atoms with Gasteiger partial charge in [-0.05, 0) is 19.3 Å². The van der Waals surface area contributed by atoms with E-state index < -0.39 is 26.5 Å². The van der Waals surface area contributed by atoms with Crippen LogP contribution < -0.4 is 5.32 Å². The fourth-order valence-corrected chi connectivity index (χ4v) is 2.09. The molecule has 1 aliphatic heterocycles. The first kappa shape index (κ1) is 26.6. The van der Waals surface area contributed by atoms with Gasteiger partial charge in [-0.2, -0.15) is 0 Å². The number of carbonyl (C=O) groups is 3. The number of imide groups is 1. The quantitative estimate of drug-likeness (QED) is 0.552. The third-order valence-corrected chi connectivity index (χ3v) is 4.66. The van der Waals surface area contributed by atoms with Crippen LogP contribution in [-0.2, 0) is 19.1 Å². The molecule has 1 atom stereocenters. The van der Waals surface area contributed by atoms with Crippen LogP contribution in [0.5, 0.6) is 0 Å². The zero-order valence-corrected chi connectivity index (χ0v) is 19.0. The highest BCUT2D eigenvalue weighted by Gasteiger charge is 2.33. The molecule has 1 aliphatic rings. The van der Waals surface area contributed by atoms with E-state index in [0.29, 0.717) is 18.6 Å². The van der Waals surface area contributed by atoms with E-state index in [-0.39, 0.29) is 25.3 Å². The number of amides is 3. The molecule has 11 heteroatoms. The molecule has 27 heavy (non-hydrogen) atoms. The standard InChI is InChI=1S/C13H18Cl2N2O4.C3H5Cl3/c1-3-11(18)16-9(4-5-10(14)15)13(20)17-7-8(21-2)6-12(17)19;1-2-3(4,5)6/h6,9-10H,3-5,7H2,1-2H3,(H,16,18);2H2,1H3. The summed E-state index contributed by atoms with van der Waals surface area (Å²) in [6.45, 7) is 3.55. The van der Waals surface area contributed by atoms with E-state index in [1.54, 1.807) is 6.92 Å². The highest BCUT2D eigenvalue weighted by Crippen LogP contribution is 2.28. The first-order valence-electron chi connectivity index (χ1n) is 8.19. The van der Waals surface area contributed by atoms with Crippen LogP contribution in [0.4, 0.5) is 0 Å². The van der Waals surface area contributed by atoms with Crippen molar-refractivity contribution in [2.24, 2.45) is 0 Å². The number of carbonyl (C=O) groups excluding carboxylic acids is 3. The van der Waals surface area contributed by atoms with Crippen molar-refractivity contribution >= 4 is 75.7 Å². The van der Waals surface area contributed by atoms with Crippen LogP contribution in [0.25, 0.3) is 0 Å². The summed E-state index contributed by atoms with van der Waals surface area (Å²) in [5, 5.41) is 2.59. The Morgan fingerprint density at radius 1 is 1.26 bits per heavy atom. The Morgan fingerprint density at radius 2 is 1.81 bits per heavy atom. The SMILES string of the molecule is CCC(=O)NC(CCC(Cl)Cl)C(=O)N1CC(OC)=CC1=O.CCC(Cl)(Cl)Cl. The van der Waals surface area contributed by atoms with E-state index >= 15 is 0 Å². The second-order valence-corrected chi connectivity index (χ2v) is 9.28. The lowest BCUT2D eigenvalue weighted by molar-refractivity contribution is -0.143. The Kier molecular flexibility index (Phi) is 12.7. The minimum atomic E-state index is -1.04. The van der Waals surface area contributed by atoms with Crippen molar-refractivity contribution in [3.8, 4) is 0 Å². The van der Waals surface area contributed by atoms with E-state index in [4.69, 9.17) is 62.7 Å². The molecule has 3 amide bonds. The maximum absolute atomic E-state index is 12.4. The normalized spacial score (nSPS) is 15.1. The summed E-state index contributed by atoms with van der Waals surface area (Å²) in [6.07, 6.45) is 2.65. The van der Waals surface area contributed by atoms with Gasteiger partial charge >= 0.3 is 0 Å². The lowest BCUT2D eigenvalue weighted by Crippen LogP contribution is -2.49. The largest absolute Gasteiger partial charge is 0.499 e. The molecule has 0 aromatic rings. The maximum Gasteiger partial charge on any atom is 0.257 e. The van der Waals surface area contributed by atoms with Gasteiger partial charge in [-0.15, -0.1) is 23.2 Å². The van der Waals surface area contributed by atoms with E-state index in [2.05, 4.69) is 5.32 Å². The topological polar surface area (TPSA) is 75.7 Å². The van der Waals surface area contributed by atoms with Crippen LogP contribution in [0, 0.1) is 0 Å². The van der Waals surface area contributed by atoms with Crippen LogP contribution in [0.3, 0.4) is 0 Å². The molecular formula is C16H23Cl5N2O4. The van der Waals surface area contributed by atoms with E-state index in [1.165, 1.54) is 13.2 Å². The minimum Gasteiger partial charge on any atom is -0.499 e. The Labute approximate surface area is 184 Å². The van der Waals surface area contributed by atoms with Crippen molar-refractivity contribution in [1.29, 1.82) is 0 Å². The van der Waals surface area contributed by atoms with Gasteiger partial charge in [0, 0.05) is 12.5 Å². The van der Waals surface area contributed by atoms with Crippen LogP contribution in [0.2, 0.25) is 0 Å². The molecule has 156 valence electrons. The van der Waals surface area contributed by atoms with Crippen molar-refractivity contribution < 1.29 is 19.1 Å². The summed E-state index contributed by atoms with van der Waals surface area (Å²) in [5.74, 6) is -0.818. The molecule has 1 N–H and O–H groups in total. The average molecular weight is 485 g/mol. The Hall–Kier alpha value is -0.400. The van der Waals surface area contributed by atoms with Gasteiger partial charge in [-0.3, -0.25) is 19.3 Å². The van der Waals surface area contributed by atoms with Gasteiger partial charge in [0.2, 0.25) is 5.91 Å². The molecular weight excluding hydrogens is 461 g/mol. The summed E-state index contributed by atoms with van der Waals surface area (Å²) >= 11 is 27.1. The summed E-state index contributed by atoms with van der Waals surface area (Å²) < 4.78 is 3.92. The molecule has 0 spiro atoms. The molecule has 0 aliphatic carbocycles. The third kappa shape index (κ3) is 11.3. The predicted molar refractivity (Wildman–Crippen MR) is 109 cm³/mol. The number of halogens is 5. The van der Waals surface area contributed by atoms with Gasteiger partial charge < -0.3 is 10.1 Å². The fraction of sp³-hybridized carbons (Fsp3) is 0.688. The van der Waals surface area contributed by atoms with Crippen molar-refractivity contribution in [3.63, 3.8) is 0 Å². The Bertz CT molecular complexity index is 549. The third-order valence-electron chi connectivity index (χ3n) is 3.42. The predicted octanol–water partition coefficient (Wildman–Crippen LogP) is 4.13. The smallest absolute Gasteiger partial charge is 0.257 e. The average Bonchev–Trinajstić information content (AvgIpc) is 2.98. The molecule has 6 nitrogen and oxygen atoms in total. The lowest BCUT2D eigenvalue weighted by Gasteiger charge is -2.23. The fourth-order valence-electron chi connectivity index (χ4n) is 1.84. The molecule has 0 saturated carbocycles. The number of nitrogens with zero attached hydrogens (tertiary/aromatic N) is 1. The molecule has 1 unspecified atom stereocenters. The molecule has 0 fully saturated rings. The second kappa shape index (κ2) is 12.9. The van der Waals surface area contributed by atoms with Crippen LogP contribution >= 0.6 is 58.0 Å². The number of hydrogen-bond donors (Lipinski definition) is 1. The minimum absolute atomic E-state index is 0.0673. The molecule has 0 radical (unpaired) electrons. The molecule has 0 bridgehead atoms. The van der Waals surface area contributed by atoms with Crippen molar-refractivity contribution in [2.45, 2.75) is 54.2 Å². The van der Waals surface area contributed by atoms with Crippen molar-refractivity contribution in [3.05, 3.63) is 11.8 Å². The zero-order chi connectivity index (χ0) is 21.2. The Morgan fingerprint density at radius 3 is 2.19 bits per heavy atom. The summed E-state index contributed by atoms with van der Waals surface area (Å²) in [7, 11) is 1.43. The summed E-state index contributed by atoms with van der Waals surface area (Å²) in [6, 6.07) is -0.828. The first-order chi connectivity index (χ1) is 12.4. The van der Waals surface area contributed by atoms with Crippen LogP contribution in [-0.4, -0.2) is 50.9 Å². The molecule has 0 saturated heterocycles. The molecule has 0 aromatic heterocycles. The highest BCUT2D eigenvalue weighted by atomic mass is 35.6. The highest BCUT2D eigenvalue weighted by molar-refractivity contribution is 6.67. The van der Waals surface area contributed by atoms with E-state index in [9.17, 15) is 14.4 Å². The van der Waals surface area contributed by atoms with Gasteiger partial charge in [0.25, 0.3) is 11.8 Å². The van der Waals surface area contributed by atoms with Crippen LogP contribution in [0.15, 0.2) is 11.8 Å². The summed E-state index contributed by atoms with van der Waals surface area (Å²) in [5.41, 5.74) is 0. The summed E-state index contributed by atoms with van der Waals surface area (Å²) in [4.78, 5) is 36.1. The van der Waals surface area contributed by atoms with Gasteiger partial charge in [-0.1, -0.05) is 48.7 Å². The number of nitrogens with one attached hydrogen (secondary N) is 1. The van der Waals surface area contributed by atoms with Gasteiger partial charge in [0.1, 0.15) is 16.6 Å². The first-order valence-corrected chi connectivity index (χ1v) is 10.2. The van der Waals surface area contributed by atoms with Gasteiger partial charge in [-0.25, -0.2) is 0 Å². The molecule has 1 rings (SSSR count). The number of alkyl halides is 5. The molecule has 0 aromatic carbocycles. The van der Waals surface area contributed by atoms with Crippen molar-refractivity contribution in [2.75, 3.05) is 13.7 Å². The lowest BCUT2D eigenvalue weighted by atomic mass is 10.1. The number of ether oxygens (including phenoxy) is 1. The van der Waals surface area contributed by atoms with Crippen LogP contribution in [0.1, 0.15) is 39.5 Å². The maximum atomic E-state index is 12.4. The second-order valence-electron chi connectivity index (χ2n) is 5.49. The van der Waals surface area contributed by atoms with E-state index in [1.807, 2.05) is 6.92 Å². The molecule has 1 heterocycles. The Balaban J connectivity index is 0.000000972. The number of hydrogen-bond acceptors (Lipinski definition) is 4. The monoisotopic (exact) mass is 482 g/mol. The van der Waals surface area contributed by atoms with Gasteiger partial charge in [0.15, 0.2) is 3.79 Å². The van der Waals surface area contributed by atoms with Crippen molar-refractivity contribution in [1.82, 2.24) is 10.2 Å². The van der Waals surface area contributed by atoms with E-state index in [0.717, 1.165) is 4.90 Å². The zero-order valence-electron chi connectivity index (χ0n) is 15.2. The van der Waals surface area contributed by atoms with Gasteiger partial charge in [0.05, 0.1) is 13.7 Å². The number of methoxy groups -OCH3 is 1. The number of rotatable bonds is 7.